The van der Waals surface area contributed by atoms with Crippen molar-refractivity contribution in [1.29, 1.82) is 0 Å². The lowest BCUT2D eigenvalue weighted by atomic mass is 9.94. The Bertz CT molecular complexity index is 321. The molecule has 1 heterocycles. The lowest BCUT2D eigenvalue weighted by Crippen LogP contribution is -2.26. The van der Waals surface area contributed by atoms with E-state index in [4.69, 9.17) is 0 Å². The number of aryl methyl sites for hydroxylation is 1. The Balaban J connectivity index is 2.15. The fourth-order valence-corrected chi connectivity index (χ4v) is 2.69. The average Bonchev–Trinajstić information content (AvgIpc) is 2.72. The van der Waals surface area contributed by atoms with Crippen molar-refractivity contribution in [1.82, 2.24) is 9.55 Å². The number of nitrogens with zero attached hydrogens (tertiary/aromatic N) is 2. The second-order valence-corrected chi connectivity index (χ2v) is 4.73. The summed E-state index contributed by atoms with van der Waals surface area (Å²) in [6.07, 6.45) is 11.6. The summed E-state index contributed by atoms with van der Waals surface area (Å²) < 4.78 is 2.19. The van der Waals surface area contributed by atoms with E-state index in [1.165, 1.54) is 19.3 Å². The molecule has 1 aliphatic carbocycles. The number of hydrogen-bond donors (Lipinski definition) is 1. The zero-order chi connectivity index (χ0) is 11.4. The van der Waals surface area contributed by atoms with Crippen LogP contribution in [0, 0.1) is 0 Å². The van der Waals surface area contributed by atoms with Crippen molar-refractivity contribution in [2.45, 2.75) is 64.0 Å². The molecule has 2 rings (SSSR count). The number of aliphatic hydroxyl groups excluding tert-OH is 1. The molecule has 1 saturated carbocycles. The van der Waals surface area contributed by atoms with Crippen LogP contribution in [0.2, 0.25) is 0 Å². The zero-order valence-electron chi connectivity index (χ0n) is 10.1. The van der Waals surface area contributed by atoms with Gasteiger partial charge in [-0.15, -0.1) is 0 Å². The third-order valence-corrected chi connectivity index (χ3v) is 3.62. The average molecular weight is 222 g/mol. The van der Waals surface area contributed by atoms with Gasteiger partial charge in [0.2, 0.25) is 0 Å². The SMILES string of the molecule is CCc1nccn1C1CCCCCCC1O. The summed E-state index contributed by atoms with van der Waals surface area (Å²) in [6, 6.07) is 0.248. The van der Waals surface area contributed by atoms with Crippen molar-refractivity contribution in [3.8, 4) is 0 Å². The molecule has 1 N–H and O–H groups in total. The number of aliphatic hydroxyl groups is 1. The first-order valence-corrected chi connectivity index (χ1v) is 6.52. The Morgan fingerprint density at radius 1 is 1.31 bits per heavy atom. The minimum absolute atomic E-state index is 0.195. The summed E-state index contributed by atoms with van der Waals surface area (Å²) in [4.78, 5) is 4.35. The van der Waals surface area contributed by atoms with Gasteiger partial charge in [-0.1, -0.05) is 32.6 Å². The van der Waals surface area contributed by atoms with Gasteiger partial charge in [0.05, 0.1) is 12.1 Å². The number of aromatic nitrogens is 2. The quantitative estimate of drug-likeness (QED) is 0.835. The summed E-state index contributed by atoms with van der Waals surface area (Å²) in [5, 5.41) is 10.2. The third-order valence-electron chi connectivity index (χ3n) is 3.62. The van der Waals surface area contributed by atoms with Crippen LogP contribution >= 0.6 is 0 Å². The topological polar surface area (TPSA) is 38.0 Å². The molecular weight excluding hydrogens is 200 g/mol. The van der Waals surface area contributed by atoms with E-state index in [0.717, 1.165) is 31.5 Å². The van der Waals surface area contributed by atoms with Crippen molar-refractivity contribution in [2.75, 3.05) is 0 Å². The largest absolute Gasteiger partial charge is 0.391 e. The van der Waals surface area contributed by atoms with Crippen LogP contribution in [0.5, 0.6) is 0 Å². The maximum Gasteiger partial charge on any atom is 0.108 e. The Morgan fingerprint density at radius 3 is 2.81 bits per heavy atom. The Hall–Kier alpha value is -0.830. The van der Waals surface area contributed by atoms with Crippen molar-refractivity contribution < 1.29 is 5.11 Å². The highest BCUT2D eigenvalue weighted by Crippen LogP contribution is 2.27. The molecule has 0 aromatic carbocycles. The standard InChI is InChI=1S/C13H22N2O/c1-2-13-14-9-10-15(13)11-7-5-3-4-6-8-12(11)16/h9-12,16H,2-8H2,1H3. The molecule has 0 saturated heterocycles. The Labute approximate surface area is 97.5 Å². The van der Waals surface area contributed by atoms with E-state index in [2.05, 4.69) is 16.5 Å². The fraction of sp³-hybridized carbons (Fsp3) is 0.769. The van der Waals surface area contributed by atoms with E-state index in [-0.39, 0.29) is 12.1 Å². The molecule has 2 atom stereocenters. The lowest BCUT2D eigenvalue weighted by Gasteiger charge is -2.27. The van der Waals surface area contributed by atoms with Crippen LogP contribution in [-0.4, -0.2) is 20.8 Å². The van der Waals surface area contributed by atoms with Crippen LogP contribution < -0.4 is 0 Å². The summed E-state index contributed by atoms with van der Waals surface area (Å²) in [7, 11) is 0. The van der Waals surface area contributed by atoms with Crippen LogP contribution in [0.1, 0.15) is 57.3 Å². The molecule has 0 bridgehead atoms. The maximum atomic E-state index is 10.2. The van der Waals surface area contributed by atoms with Crippen molar-refractivity contribution in [3.63, 3.8) is 0 Å². The first-order chi connectivity index (χ1) is 7.83. The molecule has 16 heavy (non-hydrogen) atoms. The highest BCUT2D eigenvalue weighted by Gasteiger charge is 2.23. The number of imidazole rings is 1. The number of hydrogen-bond acceptors (Lipinski definition) is 2. The maximum absolute atomic E-state index is 10.2. The molecule has 0 radical (unpaired) electrons. The predicted molar refractivity (Wildman–Crippen MR) is 64.4 cm³/mol. The molecule has 0 amide bonds. The van der Waals surface area contributed by atoms with E-state index >= 15 is 0 Å². The smallest absolute Gasteiger partial charge is 0.108 e. The minimum atomic E-state index is -0.195. The Morgan fingerprint density at radius 2 is 2.06 bits per heavy atom. The lowest BCUT2D eigenvalue weighted by molar-refractivity contribution is 0.0873. The van der Waals surface area contributed by atoms with Crippen LogP contribution in [0.15, 0.2) is 12.4 Å². The van der Waals surface area contributed by atoms with Gasteiger partial charge in [-0.05, 0) is 12.8 Å². The van der Waals surface area contributed by atoms with E-state index in [1.807, 2.05) is 12.4 Å². The molecule has 0 spiro atoms. The molecule has 1 fully saturated rings. The molecule has 3 heteroatoms. The van der Waals surface area contributed by atoms with Gasteiger partial charge in [0, 0.05) is 18.8 Å². The monoisotopic (exact) mass is 222 g/mol. The van der Waals surface area contributed by atoms with Crippen molar-refractivity contribution in [2.24, 2.45) is 0 Å². The molecule has 2 unspecified atom stereocenters. The highest BCUT2D eigenvalue weighted by molar-refractivity contribution is 4.96. The molecule has 0 aliphatic heterocycles. The van der Waals surface area contributed by atoms with Gasteiger partial charge in [-0.3, -0.25) is 0 Å². The second kappa shape index (κ2) is 5.48. The molecule has 90 valence electrons. The first kappa shape index (κ1) is 11.6. The number of rotatable bonds is 2. The minimum Gasteiger partial charge on any atom is -0.391 e. The van der Waals surface area contributed by atoms with Gasteiger partial charge >= 0.3 is 0 Å². The van der Waals surface area contributed by atoms with E-state index in [1.54, 1.807) is 0 Å². The molecule has 1 aliphatic rings. The Kier molecular flexibility index (Phi) is 3.99. The molecular formula is C13H22N2O. The van der Waals surface area contributed by atoms with E-state index in [0.29, 0.717) is 0 Å². The van der Waals surface area contributed by atoms with Crippen LogP contribution in [-0.2, 0) is 6.42 Å². The second-order valence-electron chi connectivity index (χ2n) is 4.73. The van der Waals surface area contributed by atoms with Gasteiger partial charge in [-0.2, -0.15) is 0 Å². The van der Waals surface area contributed by atoms with E-state index < -0.39 is 0 Å². The van der Waals surface area contributed by atoms with Crippen molar-refractivity contribution >= 4 is 0 Å². The van der Waals surface area contributed by atoms with Crippen LogP contribution in [0.3, 0.4) is 0 Å². The van der Waals surface area contributed by atoms with Crippen molar-refractivity contribution in [3.05, 3.63) is 18.2 Å². The van der Waals surface area contributed by atoms with Crippen LogP contribution in [0.25, 0.3) is 0 Å². The van der Waals surface area contributed by atoms with Gasteiger partial charge in [0.25, 0.3) is 0 Å². The zero-order valence-corrected chi connectivity index (χ0v) is 10.1. The highest BCUT2D eigenvalue weighted by atomic mass is 16.3. The third kappa shape index (κ3) is 2.46. The normalized spacial score (nSPS) is 27.4. The fourth-order valence-electron chi connectivity index (χ4n) is 2.69. The van der Waals surface area contributed by atoms with E-state index in [9.17, 15) is 5.11 Å². The van der Waals surface area contributed by atoms with Crippen LogP contribution in [0.4, 0.5) is 0 Å². The summed E-state index contributed by atoms with van der Waals surface area (Å²) in [6.45, 7) is 2.12. The van der Waals surface area contributed by atoms with Gasteiger partial charge < -0.3 is 9.67 Å². The van der Waals surface area contributed by atoms with Gasteiger partial charge in [0.1, 0.15) is 5.82 Å². The molecule has 1 aromatic rings. The first-order valence-electron chi connectivity index (χ1n) is 6.52. The summed E-state index contributed by atoms with van der Waals surface area (Å²) in [5.74, 6) is 1.10. The van der Waals surface area contributed by atoms with Gasteiger partial charge in [0.15, 0.2) is 0 Å². The summed E-state index contributed by atoms with van der Waals surface area (Å²) >= 11 is 0. The predicted octanol–water partition coefficient (Wildman–Crippen LogP) is 2.70. The molecule has 3 nitrogen and oxygen atoms in total. The summed E-state index contributed by atoms with van der Waals surface area (Å²) in [5.41, 5.74) is 0. The van der Waals surface area contributed by atoms with Gasteiger partial charge in [-0.25, -0.2) is 4.98 Å². The molecule has 1 aromatic heterocycles.